The van der Waals surface area contributed by atoms with Crippen molar-refractivity contribution in [1.82, 2.24) is 4.90 Å². The SMILES string of the molecule is O=C1CCN(C(=O)c2ccccc2)CC1Br. The summed E-state index contributed by atoms with van der Waals surface area (Å²) in [5.74, 6) is 0.176. The van der Waals surface area contributed by atoms with Crippen molar-refractivity contribution in [3.8, 4) is 0 Å². The summed E-state index contributed by atoms with van der Waals surface area (Å²) < 4.78 is 0. The standard InChI is InChI=1S/C12H12BrNO2/c13-10-8-14(7-6-11(10)15)12(16)9-4-2-1-3-5-9/h1-5,10H,6-8H2. The Morgan fingerprint density at radius 1 is 1.31 bits per heavy atom. The lowest BCUT2D eigenvalue weighted by molar-refractivity contribution is -0.120. The van der Waals surface area contributed by atoms with Crippen molar-refractivity contribution >= 4 is 27.6 Å². The summed E-state index contributed by atoms with van der Waals surface area (Å²) in [6.45, 7) is 0.987. The van der Waals surface area contributed by atoms with Gasteiger partial charge in [-0.3, -0.25) is 9.59 Å². The van der Waals surface area contributed by atoms with Crippen LogP contribution in [0.4, 0.5) is 0 Å². The molecule has 0 bridgehead atoms. The Bertz CT molecular complexity index is 405. The molecule has 3 nitrogen and oxygen atoms in total. The Labute approximate surface area is 103 Å². The molecule has 1 aliphatic heterocycles. The third-order valence-corrected chi connectivity index (χ3v) is 3.47. The fourth-order valence-electron chi connectivity index (χ4n) is 1.74. The van der Waals surface area contributed by atoms with Gasteiger partial charge in [-0.25, -0.2) is 0 Å². The number of alkyl halides is 1. The number of rotatable bonds is 1. The quantitative estimate of drug-likeness (QED) is 0.737. The van der Waals surface area contributed by atoms with E-state index in [1.165, 1.54) is 0 Å². The molecule has 0 aromatic heterocycles. The van der Waals surface area contributed by atoms with Gasteiger partial charge in [0.15, 0.2) is 0 Å². The molecular weight excluding hydrogens is 270 g/mol. The molecule has 0 saturated carbocycles. The van der Waals surface area contributed by atoms with Crippen molar-refractivity contribution in [2.75, 3.05) is 13.1 Å². The van der Waals surface area contributed by atoms with E-state index in [-0.39, 0.29) is 16.5 Å². The lowest BCUT2D eigenvalue weighted by atomic mass is 10.1. The number of likely N-dealkylation sites (tertiary alicyclic amines) is 1. The van der Waals surface area contributed by atoms with Crippen LogP contribution in [0.2, 0.25) is 0 Å². The molecule has 1 heterocycles. The summed E-state index contributed by atoms with van der Waals surface area (Å²) in [6, 6.07) is 9.15. The molecular formula is C12H12BrNO2. The van der Waals surface area contributed by atoms with Crippen LogP contribution in [0, 0.1) is 0 Å². The van der Waals surface area contributed by atoms with Crippen LogP contribution in [-0.2, 0) is 4.79 Å². The predicted molar refractivity (Wildman–Crippen MR) is 64.7 cm³/mol. The molecule has 1 aromatic carbocycles. The van der Waals surface area contributed by atoms with Gasteiger partial charge < -0.3 is 4.90 Å². The number of Topliss-reactive ketones (excluding diaryl/α,β-unsaturated/α-hetero) is 1. The van der Waals surface area contributed by atoms with Crippen LogP contribution in [0.5, 0.6) is 0 Å². The molecule has 1 amide bonds. The van der Waals surface area contributed by atoms with Crippen molar-refractivity contribution in [2.24, 2.45) is 0 Å². The normalized spacial score (nSPS) is 20.9. The van der Waals surface area contributed by atoms with Crippen molar-refractivity contribution in [1.29, 1.82) is 0 Å². The van der Waals surface area contributed by atoms with E-state index in [0.29, 0.717) is 25.1 Å². The smallest absolute Gasteiger partial charge is 0.253 e. The monoisotopic (exact) mass is 281 g/mol. The first-order valence-corrected chi connectivity index (χ1v) is 6.11. The van der Waals surface area contributed by atoms with E-state index in [2.05, 4.69) is 15.9 Å². The molecule has 0 aliphatic carbocycles. The summed E-state index contributed by atoms with van der Waals surface area (Å²) >= 11 is 3.29. The molecule has 0 N–H and O–H groups in total. The second-order valence-electron chi connectivity index (χ2n) is 3.80. The number of amides is 1. The maximum Gasteiger partial charge on any atom is 0.253 e. The number of halogens is 1. The minimum Gasteiger partial charge on any atom is -0.337 e. The average Bonchev–Trinajstić information content (AvgIpc) is 2.33. The van der Waals surface area contributed by atoms with Crippen molar-refractivity contribution in [2.45, 2.75) is 11.2 Å². The highest BCUT2D eigenvalue weighted by atomic mass is 79.9. The first-order chi connectivity index (χ1) is 7.68. The highest BCUT2D eigenvalue weighted by Gasteiger charge is 2.28. The number of ketones is 1. The molecule has 1 fully saturated rings. The van der Waals surface area contributed by atoms with Crippen molar-refractivity contribution in [3.05, 3.63) is 35.9 Å². The first kappa shape index (κ1) is 11.3. The van der Waals surface area contributed by atoms with E-state index in [1.54, 1.807) is 17.0 Å². The average molecular weight is 282 g/mol. The second-order valence-corrected chi connectivity index (χ2v) is 4.91. The van der Waals surface area contributed by atoms with Crippen molar-refractivity contribution in [3.63, 3.8) is 0 Å². The summed E-state index contributed by atoms with van der Waals surface area (Å²) in [5.41, 5.74) is 0.677. The summed E-state index contributed by atoms with van der Waals surface area (Å²) in [7, 11) is 0. The zero-order valence-corrected chi connectivity index (χ0v) is 10.3. The Hall–Kier alpha value is -1.16. The van der Waals surface area contributed by atoms with Gasteiger partial charge in [0.2, 0.25) is 0 Å². The van der Waals surface area contributed by atoms with Gasteiger partial charge >= 0.3 is 0 Å². The highest BCUT2D eigenvalue weighted by Crippen LogP contribution is 2.16. The van der Waals surface area contributed by atoms with Crippen LogP contribution >= 0.6 is 15.9 Å². The molecule has 4 heteroatoms. The van der Waals surface area contributed by atoms with Crippen LogP contribution < -0.4 is 0 Å². The van der Waals surface area contributed by atoms with Crippen molar-refractivity contribution < 1.29 is 9.59 Å². The lowest BCUT2D eigenvalue weighted by Crippen LogP contribution is -2.44. The van der Waals surface area contributed by atoms with E-state index < -0.39 is 0 Å². The third kappa shape index (κ3) is 2.32. The van der Waals surface area contributed by atoms with Gasteiger partial charge in [0, 0.05) is 25.1 Å². The number of hydrogen-bond acceptors (Lipinski definition) is 2. The number of piperidine rings is 1. The Morgan fingerprint density at radius 3 is 2.62 bits per heavy atom. The van der Waals surface area contributed by atoms with Gasteiger partial charge in [0.1, 0.15) is 5.78 Å². The molecule has 0 radical (unpaired) electrons. The number of benzene rings is 1. The largest absolute Gasteiger partial charge is 0.337 e. The minimum atomic E-state index is -0.214. The Kier molecular flexibility index (Phi) is 3.39. The van der Waals surface area contributed by atoms with E-state index in [0.717, 1.165) is 0 Å². The van der Waals surface area contributed by atoms with E-state index >= 15 is 0 Å². The lowest BCUT2D eigenvalue weighted by Gasteiger charge is -2.29. The van der Waals surface area contributed by atoms with Crippen LogP contribution in [0.15, 0.2) is 30.3 Å². The van der Waals surface area contributed by atoms with Gasteiger partial charge in [0.25, 0.3) is 5.91 Å². The van der Waals surface area contributed by atoms with Gasteiger partial charge in [-0.15, -0.1) is 0 Å². The van der Waals surface area contributed by atoms with Gasteiger partial charge in [-0.05, 0) is 12.1 Å². The summed E-state index contributed by atoms with van der Waals surface area (Å²) in [6.07, 6.45) is 0.439. The molecule has 2 rings (SSSR count). The minimum absolute atomic E-state index is 0.00227. The number of carbonyl (C=O) groups excluding carboxylic acids is 2. The van der Waals surface area contributed by atoms with Crippen LogP contribution in [0.3, 0.4) is 0 Å². The van der Waals surface area contributed by atoms with Crippen LogP contribution in [0.1, 0.15) is 16.8 Å². The van der Waals surface area contributed by atoms with E-state index in [1.807, 2.05) is 18.2 Å². The molecule has 1 aromatic rings. The van der Waals surface area contributed by atoms with Crippen LogP contribution in [-0.4, -0.2) is 34.5 Å². The predicted octanol–water partition coefficient (Wildman–Crippen LogP) is 1.87. The number of nitrogens with zero attached hydrogens (tertiary/aromatic N) is 1. The molecule has 1 atom stereocenters. The number of hydrogen-bond donors (Lipinski definition) is 0. The Morgan fingerprint density at radius 2 is 2.00 bits per heavy atom. The summed E-state index contributed by atoms with van der Waals surface area (Å²) in [4.78, 5) is 24.9. The van der Waals surface area contributed by atoms with Gasteiger partial charge in [-0.1, -0.05) is 34.1 Å². The highest BCUT2D eigenvalue weighted by molar-refractivity contribution is 9.10. The van der Waals surface area contributed by atoms with Crippen LogP contribution in [0.25, 0.3) is 0 Å². The molecule has 1 aliphatic rings. The molecule has 1 saturated heterocycles. The fourth-order valence-corrected chi connectivity index (χ4v) is 2.31. The molecule has 1 unspecified atom stereocenters. The third-order valence-electron chi connectivity index (χ3n) is 2.67. The summed E-state index contributed by atoms with van der Waals surface area (Å²) in [5, 5.41) is 0. The molecule has 16 heavy (non-hydrogen) atoms. The number of carbonyl (C=O) groups is 2. The Balaban J connectivity index is 2.09. The zero-order valence-electron chi connectivity index (χ0n) is 8.73. The maximum absolute atomic E-state index is 12.0. The first-order valence-electron chi connectivity index (χ1n) is 5.19. The molecule has 0 spiro atoms. The zero-order chi connectivity index (χ0) is 11.5. The van der Waals surface area contributed by atoms with E-state index in [4.69, 9.17) is 0 Å². The van der Waals surface area contributed by atoms with Gasteiger partial charge in [-0.2, -0.15) is 0 Å². The van der Waals surface area contributed by atoms with Gasteiger partial charge in [0.05, 0.1) is 4.83 Å². The second kappa shape index (κ2) is 4.78. The topological polar surface area (TPSA) is 37.4 Å². The maximum atomic E-state index is 12.0. The fraction of sp³-hybridized carbons (Fsp3) is 0.333. The van der Waals surface area contributed by atoms with E-state index in [9.17, 15) is 9.59 Å². The molecule has 84 valence electrons.